The van der Waals surface area contributed by atoms with Crippen LogP contribution >= 0.6 is 0 Å². The summed E-state index contributed by atoms with van der Waals surface area (Å²) in [5, 5.41) is 14.2. The van der Waals surface area contributed by atoms with Crippen LogP contribution in [0.25, 0.3) is 28.0 Å². The fourth-order valence-electron chi connectivity index (χ4n) is 4.26. The van der Waals surface area contributed by atoms with E-state index in [0.717, 1.165) is 16.0 Å². The Hall–Kier alpha value is -4.10. The molecule has 0 radical (unpaired) electrons. The summed E-state index contributed by atoms with van der Waals surface area (Å²) in [6, 6.07) is 10.8. The smallest absolute Gasteiger partial charge is 0.296 e. The average Bonchev–Trinajstić information content (AvgIpc) is 3.20. The number of rotatable bonds is 3. The van der Waals surface area contributed by atoms with Crippen molar-refractivity contribution >= 4 is 16.7 Å². The molecule has 1 aliphatic heterocycles. The maximum absolute atomic E-state index is 15.4. The summed E-state index contributed by atoms with van der Waals surface area (Å²) in [7, 11) is 1.78. The number of aryl methyl sites for hydroxylation is 1. The Balaban J connectivity index is 1.75. The van der Waals surface area contributed by atoms with Crippen LogP contribution in [0.4, 0.5) is 14.6 Å². The summed E-state index contributed by atoms with van der Waals surface area (Å²) < 4.78 is 32.7. The molecular weight excluding hydrogens is 440 g/mol. The zero-order valence-electron chi connectivity index (χ0n) is 18.4. The maximum atomic E-state index is 15.4. The lowest BCUT2D eigenvalue weighted by Crippen LogP contribution is -2.42. The number of halogens is 2. The van der Waals surface area contributed by atoms with Crippen molar-refractivity contribution in [2.45, 2.75) is 18.9 Å². The molecule has 3 heterocycles. The second-order valence-electron chi connectivity index (χ2n) is 8.39. The highest BCUT2D eigenvalue weighted by Gasteiger charge is 2.26. The standard InChI is InChI=1S/C24H21F2N7O/c1-31-13-16-10-18(4-5-20(16)30-31)33-22(14-2-3-15(12-27)19(25)11-14)29-23(21(26)24(33)34)32-8-6-17(28)7-9-32/h2-5,10-11,13,17H,6-9,28H2,1H3. The number of benzene rings is 2. The predicted octanol–water partition coefficient (Wildman–Crippen LogP) is 2.86. The van der Waals surface area contributed by atoms with Gasteiger partial charge in [-0.25, -0.2) is 9.37 Å². The van der Waals surface area contributed by atoms with Gasteiger partial charge in [-0.2, -0.15) is 14.8 Å². The first-order valence-corrected chi connectivity index (χ1v) is 10.8. The van der Waals surface area contributed by atoms with Gasteiger partial charge in [0.05, 0.1) is 16.8 Å². The van der Waals surface area contributed by atoms with Crippen molar-refractivity contribution in [3.8, 4) is 23.1 Å². The molecule has 0 bridgehead atoms. The minimum absolute atomic E-state index is 0.0120. The van der Waals surface area contributed by atoms with Gasteiger partial charge in [0.2, 0.25) is 5.82 Å². The number of hydrogen-bond acceptors (Lipinski definition) is 6. The van der Waals surface area contributed by atoms with Crippen molar-refractivity contribution < 1.29 is 8.78 Å². The Morgan fingerprint density at radius 1 is 1.15 bits per heavy atom. The molecule has 1 fully saturated rings. The number of nitriles is 1. The largest absolute Gasteiger partial charge is 0.354 e. The third-order valence-corrected chi connectivity index (χ3v) is 6.06. The van der Waals surface area contributed by atoms with Crippen LogP contribution in [0.2, 0.25) is 0 Å². The predicted molar refractivity (Wildman–Crippen MR) is 124 cm³/mol. The lowest BCUT2D eigenvalue weighted by atomic mass is 10.1. The van der Waals surface area contributed by atoms with E-state index in [0.29, 0.717) is 37.1 Å². The lowest BCUT2D eigenvalue weighted by molar-refractivity contribution is 0.486. The molecule has 10 heteroatoms. The molecular formula is C24H21F2N7O. The second-order valence-corrected chi connectivity index (χ2v) is 8.39. The van der Waals surface area contributed by atoms with E-state index in [1.165, 1.54) is 12.1 Å². The van der Waals surface area contributed by atoms with E-state index >= 15 is 4.39 Å². The molecule has 172 valence electrons. The van der Waals surface area contributed by atoms with E-state index in [9.17, 15) is 9.18 Å². The normalized spacial score (nSPS) is 14.5. The van der Waals surface area contributed by atoms with Crippen LogP contribution < -0.4 is 16.2 Å². The molecule has 2 N–H and O–H groups in total. The van der Waals surface area contributed by atoms with E-state index in [4.69, 9.17) is 11.0 Å². The van der Waals surface area contributed by atoms with Gasteiger partial charge in [-0.3, -0.25) is 14.0 Å². The van der Waals surface area contributed by atoms with Gasteiger partial charge in [-0.05, 0) is 49.2 Å². The Labute approximate surface area is 193 Å². The highest BCUT2D eigenvalue weighted by molar-refractivity contribution is 5.81. The number of nitrogens with two attached hydrogens (primary N) is 1. The Morgan fingerprint density at radius 2 is 1.91 bits per heavy atom. The molecule has 1 saturated heterocycles. The summed E-state index contributed by atoms with van der Waals surface area (Å²) in [6.45, 7) is 0.911. The Morgan fingerprint density at radius 3 is 2.62 bits per heavy atom. The number of fused-ring (bicyclic) bond motifs is 1. The van der Waals surface area contributed by atoms with Crippen LogP contribution in [0.1, 0.15) is 18.4 Å². The van der Waals surface area contributed by atoms with Crippen LogP contribution in [0, 0.1) is 23.0 Å². The molecule has 34 heavy (non-hydrogen) atoms. The van der Waals surface area contributed by atoms with Crippen LogP contribution in [-0.4, -0.2) is 38.5 Å². The van der Waals surface area contributed by atoms with Crippen molar-refractivity contribution in [1.29, 1.82) is 5.26 Å². The van der Waals surface area contributed by atoms with E-state index in [2.05, 4.69) is 10.1 Å². The van der Waals surface area contributed by atoms with Gasteiger partial charge < -0.3 is 10.6 Å². The lowest BCUT2D eigenvalue weighted by Gasteiger charge is -2.31. The van der Waals surface area contributed by atoms with E-state index in [-0.39, 0.29) is 28.8 Å². The van der Waals surface area contributed by atoms with E-state index in [1.54, 1.807) is 47.1 Å². The molecule has 0 amide bonds. The highest BCUT2D eigenvalue weighted by Crippen LogP contribution is 2.28. The molecule has 5 rings (SSSR count). The molecule has 0 unspecified atom stereocenters. The molecule has 0 spiro atoms. The summed E-state index contributed by atoms with van der Waals surface area (Å²) in [6.07, 6.45) is 3.06. The highest BCUT2D eigenvalue weighted by atomic mass is 19.1. The van der Waals surface area contributed by atoms with Gasteiger partial charge in [0.1, 0.15) is 17.7 Å². The summed E-state index contributed by atoms with van der Waals surface area (Å²) in [5.41, 5.74) is 6.25. The van der Waals surface area contributed by atoms with Gasteiger partial charge in [0, 0.05) is 43.3 Å². The Kier molecular flexibility index (Phi) is 5.34. The summed E-state index contributed by atoms with van der Waals surface area (Å²) in [4.78, 5) is 19.6. The van der Waals surface area contributed by atoms with Crippen molar-refractivity contribution in [2.75, 3.05) is 18.0 Å². The third-order valence-electron chi connectivity index (χ3n) is 6.06. The first-order valence-electron chi connectivity index (χ1n) is 10.8. The minimum atomic E-state index is -0.986. The SMILES string of the molecule is Cn1cc2cc(-n3c(-c4ccc(C#N)c(F)c4)nc(N4CCC(N)CC4)c(F)c3=O)ccc2n1. The first kappa shape index (κ1) is 21.7. The van der Waals surface area contributed by atoms with Gasteiger partial charge in [-0.1, -0.05) is 0 Å². The quantitative estimate of drug-likeness (QED) is 0.503. The molecule has 4 aromatic rings. The monoisotopic (exact) mass is 461 g/mol. The molecule has 8 nitrogen and oxygen atoms in total. The van der Waals surface area contributed by atoms with Crippen molar-refractivity contribution in [2.24, 2.45) is 12.8 Å². The summed E-state index contributed by atoms with van der Waals surface area (Å²) >= 11 is 0. The van der Waals surface area contributed by atoms with Crippen LogP contribution in [0.3, 0.4) is 0 Å². The zero-order valence-corrected chi connectivity index (χ0v) is 18.4. The first-order chi connectivity index (χ1) is 16.4. The number of hydrogen-bond donors (Lipinski definition) is 1. The second kappa shape index (κ2) is 8.35. The third kappa shape index (κ3) is 3.70. The Bertz CT molecular complexity index is 1510. The average molecular weight is 461 g/mol. The van der Waals surface area contributed by atoms with Gasteiger partial charge >= 0.3 is 0 Å². The van der Waals surface area contributed by atoms with E-state index in [1.807, 2.05) is 0 Å². The van der Waals surface area contributed by atoms with Crippen molar-refractivity contribution in [1.82, 2.24) is 19.3 Å². The topological polar surface area (TPSA) is 106 Å². The van der Waals surface area contributed by atoms with Crippen LogP contribution in [0.5, 0.6) is 0 Å². The number of aromatic nitrogens is 4. The van der Waals surface area contributed by atoms with Crippen molar-refractivity contribution in [3.63, 3.8) is 0 Å². The van der Waals surface area contributed by atoms with Gasteiger partial charge in [-0.15, -0.1) is 0 Å². The van der Waals surface area contributed by atoms with Crippen LogP contribution in [-0.2, 0) is 7.05 Å². The fourth-order valence-corrected chi connectivity index (χ4v) is 4.26. The van der Waals surface area contributed by atoms with Gasteiger partial charge in [0.25, 0.3) is 5.56 Å². The van der Waals surface area contributed by atoms with Gasteiger partial charge in [0.15, 0.2) is 5.82 Å². The van der Waals surface area contributed by atoms with E-state index < -0.39 is 17.2 Å². The molecule has 2 aromatic heterocycles. The molecule has 2 aromatic carbocycles. The van der Waals surface area contributed by atoms with Crippen LogP contribution in [0.15, 0.2) is 47.4 Å². The number of nitrogens with zero attached hydrogens (tertiary/aromatic N) is 6. The zero-order chi connectivity index (χ0) is 24.0. The molecule has 0 saturated carbocycles. The number of piperidine rings is 1. The molecule has 1 aliphatic rings. The molecule has 0 aliphatic carbocycles. The fraction of sp³-hybridized carbons (Fsp3) is 0.250. The molecule has 0 atom stereocenters. The number of anilines is 1. The minimum Gasteiger partial charge on any atom is -0.354 e. The summed E-state index contributed by atoms with van der Waals surface area (Å²) in [5.74, 6) is -1.75. The van der Waals surface area contributed by atoms with Crippen molar-refractivity contribution in [3.05, 3.63) is 70.1 Å². The maximum Gasteiger partial charge on any atom is 0.296 e.